The Morgan fingerprint density at radius 2 is 2.06 bits per heavy atom. The van der Waals surface area contributed by atoms with Gasteiger partial charge in [0.2, 0.25) is 0 Å². The van der Waals surface area contributed by atoms with Gasteiger partial charge in [-0.2, -0.15) is 5.26 Å². The average Bonchev–Trinajstić information content (AvgIpc) is 2.31. The Hall–Kier alpha value is -1.85. The summed E-state index contributed by atoms with van der Waals surface area (Å²) in [5.41, 5.74) is 4.42. The fourth-order valence-electron chi connectivity index (χ4n) is 1.86. The van der Waals surface area contributed by atoms with Crippen LogP contribution in [-0.4, -0.2) is 4.98 Å². The lowest BCUT2D eigenvalue weighted by molar-refractivity contribution is 1.25. The molecule has 0 N–H and O–H groups in total. The van der Waals surface area contributed by atoms with Gasteiger partial charge in [-0.25, -0.2) is 4.98 Å². The molecule has 2 aromatic rings. The van der Waals surface area contributed by atoms with Crippen molar-refractivity contribution in [2.75, 3.05) is 0 Å². The number of hydrogen-bond donors (Lipinski definition) is 0. The van der Waals surface area contributed by atoms with Crippen molar-refractivity contribution >= 4 is 11.6 Å². The highest BCUT2D eigenvalue weighted by molar-refractivity contribution is 6.31. The summed E-state index contributed by atoms with van der Waals surface area (Å²) in [5.74, 6) is 0. The van der Waals surface area contributed by atoms with E-state index >= 15 is 0 Å². The summed E-state index contributed by atoms with van der Waals surface area (Å²) < 4.78 is 0. The van der Waals surface area contributed by atoms with Crippen molar-refractivity contribution in [3.8, 4) is 17.2 Å². The molecule has 0 aliphatic carbocycles. The molecular formula is C14H11ClN2. The molecule has 0 saturated heterocycles. The number of rotatable bonds is 1. The second-order valence-electron chi connectivity index (χ2n) is 3.96. The molecule has 0 saturated carbocycles. The fraction of sp³-hybridized carbons (Fsp3) is 0.143. The molecule has 0 aliphatic heterocycles. The standard InChI is InChI=1S/C14H11ClN2/c1-9-4-3-5-11(6-9)13-10(2)8-17-14(15)12(13)7-16/h3-6,8H,1-2H3. The van der Waals surface area contributed by atoms with E-state index in [2.05, 4.69) is 11.1 Å². The first-order valence-corrected chi connectivity index (χ1v) is 5.63. The number of halogens is 1. The van der Waals surface area contributed by atoms with E-state index in [9.17, 15) is 5.26 Å². The molecule has 0 spiro atoms. The summed E-state index contributed by atoms with van der Waals surface area (Å²) >= 11 is 5.96. The van der Waals surface area contributed by atoms with Gasteiger partial charge in [0, 0.05) is 11.8 Å². The first-order chi connectivity index (χ1) is 8.13. The molecule has 1 heterocycles. The molecular weight excluding hydrogens is 232 g/mol. The van der Waals surface area contributed by atoms with Crippen molar-refractivity contribution in [2.45, 2.75) is 13.8 Å². The monoisotopic (exact) mass is 242 g/mol. The third-order valence-corrected chi connectivity index (χ3v) is 2.93. The first kappa shape index (κ1) is 11.6. The van der Waals surface area contributed by atoms with Crippen molar-refractivity contribution in [1.29, 1.82) is 5.26 Å². The molecule has 2 rings (SSSR count). The Kier molecular flexibility index (Phi) is 3.12. The molecule has 2 nitrogen and oxygen atoms in total. The number of nitrogens with zero attached hydrogens (tertiary/aromatic N) is 2. The van der Waals surface area contributed by atoms with Crippen LogP contribution >= 0.6 is 11.6 Å². The number of nitriles is 1. The topological polar surface area (TPSA) is 36.7 Å². The maximum atomic E-state index is 9.18. The van der Waals surface area contributed by atoms with Crippen LogP contribution < -0.4 is 0 Å². The van der Waals surface area contributed by atoms with Crippen molar-refractivity contribution in [3.63, 3.8) is 0 Å². The number of benzene rings is 1. The number of aromatic nitrogens is 1. The van der Waals surface area contributed by atoms with Crippen molar-refractivity contribution < 1.29 is 0 Å². The van der Waals surface area contributed by atoms with Crippen LogP contribution in [0.5, 0.6) is 0 Å². The normalized spacial score (nSPS) is 10.0. The highest BCUT2D eigenvalue weighted by Crippen LogP contribution is 2.30. The largest absolute Gasteiger partial charge is 0.243 e. The minimum absolute atomic E-state index is 0.259. The van der Waals surface area contributed by atoms with Gasteiger partial charge in [-0.15, -0.1) is 0 Å². The van der Waals surface area contributed by atoms with Crippen LogP contribution in [0.15, 0.2) is 30.5 Å². The molecule has 84 valence electrons. The zero-order chi connectivity index (χ0) is 12.4. The third kappa shape index (κ3) is 2.15. The molecule has 0 bridgehead atoms. The number of aryl methyl sites for hydroxylation is 2. The number of hydrogen-bond acceptors (Lipinski definition) is 2. The third-order valence-electron chi connectivity index (χ3n) is 2.64. The molecule has 1 aromatic heterocycles. The second kappa shape index (κ2) is 4.57. The molecule has 0 amide bonds. The highest BCUT2D eigenvalue weighted by atomic mass is 35.5. The minimum atomic E-state index is 0.259. The van der Waals surface area contributed by atoms with Crippen LogP contribution in [0.1, 0.15) is 16.7 Å². The van der Waals surface area contributed by atoms with E-state index in [0.717, 1.165) is 22.3 Å². The first-order valence-electron chi connectivity index (χ1n) is 5.25. The predicted octanol–water partition coefficient (Wildman–Crippen LogP) is 3.89. The Bertz CT molecular complexity index is 612. The van der Waals surface area contributed by atoms with Gasteiger partial charge in [0.05, 0.1) is 5.56 Å². The second-order valence-corrected chi connectivity index (χ2v) is 4.32. The average molecular weight is 243 g/mol. The van der Waals surface area contributed by atoms with E-state index < -0.39 is 0 Å². The maximum absolute atomic E-state index is 9.18. The fourth-order valence-corrected chi connectivity index (χ4v) is 2.04. The number of pyridine rings is 1. The van der Waals surface area contributed by atoms with Crippen LogP contribution in [0, 0.1) is 25.2 Å². The van der Waals surface area contributed by atoms with Gasteiger partial charge in [-0.05, 0) is 25.0 Å². The summed E-state index contributed by atoms with van der Waals surface area (Å²) in [6.07, 6.45) is 1.70. The lowest BCUT2D eigenvalue weighted by atomic mass is 9.97. The van der Waals surface area contributed by atoms with Crippen LogP contribution in [0.2, 0.25) is 5.15 Å². The molecule has 0 aliphatic rings. The SMILES string of the molecule is Cc1cccc(-c2c(C)cnc(Cl)c2C#N)c1. The zero-order valence-electron chi connectivity index (χ0n) is 9.66. The van der Waals surface area contributed by atoms with E-state index in [4.69, 9.17) is 11.6 Å². The molecule has 0 unspecified atom stereocenters. The molecule has 0 radical (unpaired) electrons. The summed E-state index contributed by atoms with van der Waals surface area (Å²) in [6.45, 7) is 3.95. The van der Waals surface area contributed by atoms with Crippen molar-refractivity contribution in [3.05, 3.63) is 52.3 Å². The van der Waals surface area contributed by atoms with E-state index in [0.29, 0.717) is 5.56 Å². The van der Waals surface area contributed by atoms with E-state index in [-0.39, 0.29) is 5.15 Å². The Morgan fingerprint density at radius 1 is 1.29 bits per heavy atom. The maximum Gasteiger partial charge on any atom is 0.147 e. The van der Waals surface area contributed by atoms with Gasteiger partial charge in [0.25, 0.3) is 0 Å². The van der Waals surface area contributed by atoms with Crippen LogP contribution in [-0.2, 0) is 0 Å². The van der Waals surface area contributed by atoms with Gasteiger partial charge in [0.1, 0.15) is 11.2 Å². The Labute approximate surface area is 105 Å². The van der Waals surface area contributed by atoms with Gasteiger partial charge in [-0.1, -0.05) is 41.4 Å². The smallest absolute Gasteiger partial charge is 0.147 e. The molecule has 0 atom stereocenters. The van der Waals surface area contributed by atoms with Crippen LogP contribution in [0.4, 0.5) is 0 Å². The van der Waals surface area contributed by atoms with Gasteiger partial charge < -0.3 is 0 Å². The van der Waals surface area contributed by atoms with Gasteiger partial charge in [-0.3, -0.25) is 0 Å². The molecule has 0 fully saturated rings. The van der Waals surface area contributed by atoms with Crippen LogP contribution in [0.25, 0.3) is 11.1 Å². The van der Waals surface area contributed by atoms with E-state index in [1.54, 1.807) is 6.20 Å². The summed E-state index contributed by atoms with van der Waals surface area (Å²) in [6, 6.07) is 10.1. The van der Waals surface area contributed by atoms with Crippen molar-refractivity contribution in [1.82, 2.24) is 4.98 Å². The lowest BCUT2D eigenvalue weighted by Crippen LogP contribution is -1.93. The van der Waals surface area contributed by atoms with E-state index in [1.807, 2.05) is 38.1 Å². The minimum Gasteiger partial charge on any atom is -0.243 e. The summed E-state index contributed by atoms with van der Waals surface area (Å²) in [7, 11) is 0. The summed E-state index contributed by atoms with van der Waals surface area (Å²) in [4.78, 5) is 4.00. The Morgan fingerprint density at radius 3 is 2.71 bits per heavy atom. The Balaban J connectivity index is 2.75. The van der Waals surface area contributed by atoms with Gasteiger partial charge >= 0.3 is 0 Å². The summed E-state index contributed by atoms with van der Waals surface area (Å²) in [5, 5.41) is 9.44. The van der Waals surface area contributed by atoms with Gasteiger partial charge in [0.15, 0.2) is 0 Å². The molecule has 3 heteroatoms. The van der Waals surface area contributed by atoms with E-state index in [1.165, 1.54) is 0 Å². The quantitative estimate of drug-likeness (QED) is 0.712. The molecule has 17 heavy (non-hydrogen) atoms. The van der Waals surface area contributed by atoms with Crippen LogP contribution in [0.3, 0.4) is 0 Å². The zero-order valence-corrected chi connectivity index (χ0v) is 10.4. The van der Waals surface area contributed by atoms with Crippen molar-refractivity contribution in [2.24, 2.45) is 0 Å². The molecule has 1 aromatic carbocycles. The lowest BCUT2D eigenvalue weighted by Gasteiger charge is -2.09. The highest BCUT2D eigenvalue weighted by Gasteiger charge is 2.12. The predicted molar refractivity (Wildman–Crippen MR) is 68.9 cm³/mol.